The molecule has 0 amide bonds. The van der Waals surface area contributed by atoms with Crippen LogP contribution in [0.3, 0.4) is 0 Å². The molecule has 78 valence electrons. The van der Waals surface area contributed by atoms with Crippen LogP contribution in [0.5, 0.6) is 0 Å². The van der Waals surface area contributed by atoms with E-state index in [0.29, 0.717) is 0 Å². The van der Waals surface area contributed by atoms with Crippen LogP contribution in [0.4, 0.5) is 0 Å². The fraction of sp³-hybridized carbons (Fsp3) is 0.273. The SMILES string of the molecule is [C-]#[N+]/C(=C\C)C(=O)C1C=C(I)C=CC1N. The maximum atomic E-state index is 11.9. The van der Waals surface area contributed by atoms with Gasteiger partial charge in [-0.3, -0.25) is 0 Å². The molecule has 0 aromatic rings. The quantitative estimate of drug-likeness (QED) is 0.483. The van der Waals surface area contributed by atoms with Crippen LogP contribution in [0.2, 0.25) is 0 Å². The highest BCUT2D eigenvalue weighted by Crippen LogP contribution is 2.23. The van der Waals surface area contributed by atoms with Gasteiger partial charge >= 0.3 is 0 Å². The number of halogens is 1. The predicted molar refractivity (Wildman–Crippen MR) is 68.1 cm³/mol. The second kappa shape index (κ2) is 5.24. The average molecular weight is 314 g/mol. The number of nitrogens with zero attached hydrogens (tertiary/aromatic N) is 1. The number of hydrogen-bond acceptors (Lipinski definition) is 2. The summed E-state index contributed by atoms with van der Waals surface area (Å²) in [6.45, 7) is 8.56. The van der Waals surface area contributed by atoms with Gasteiger partial charge in [-0.25, -0.2) is 4.85 Å². The van der Waals surface area contributed by atoms with E-state index in [2.05, 4.69) is 27.4 Å². The van der Waals surface area contributed by atoms with Crippen molar-refractivity contribution in [1.29, 1.82) is 0 Å². The first-order valence-corrected chi connectivity index (χ1v) is 5.57. The molecule has 0 aliphatic heterocycles. The normalized spacial score (nSPS) is 25.7. The van der Waals surface area contributed by atoms with Crippen molar-refractivity contribution in [2.24, 2.45) is 11.7 Å². The van der Waals surface area contributed by atoms with E-state index in [4.69, 9.17) is 12.3 Å². The Labute approximate surface area is 103 Å². The predicted octanol–water partition coefficient (Wildman–Crippen LogP) is 2.21. The van der Waals surface area contributed by atoms with Gasteiger partial charge in [0.1, 0.15) is 0 Å². The Kier molecular flexibility index (Phi) is 4.24. The fourth-order valence-corrected chi connectivity index (χ4v) is 1.94. The van der Waals surface area contributed by atoms with Crippen molar-refractivity contribution < 1.29 is 4.79 Å². The lowest BCUT2D eigenvalue weighted by molar-refractivity contribution is -0.117. The van der Waals surface area contributed by atoms with E-state index >= 15 is 0 Å². The topological polar surface area (TPSA) is 47.5 Å². The van der Waals surface area contributed by atoms with Crippen LogP contribution in [-0.2, 0) is 4.79 Å². The highest BCUT2D eigenvalue weighted by atomic mass is 127. The van der Waals surface area contributed by atoms with Crippen LogP contribution >= 0.6 is 22.6 Å². The van der Waals surface area contributed by atoms with Gasteiger partial charge in [-0.05, 0) is 22.6 Å². The van der Waals surface area contributed by atoms with Crippen molar-refractivity contribution in [3.05, 3.63) is 45.0 Å². The van der Waals surface area contributed by atoms with Crippen LogP contribution in [0.15, 0.2) is 33.6 Å². The zero-order valence-electron chi connectivity index (χ0n) is 8.27. The summed E-state index contributed by atoms with van der Waals surface area (Å²) < 4.78 is 0.980. The van der Waals surface area contributed by atoms with E-state index < -0.39 is 5.92 Å². The molecule has 3 nitrogen and oxygen atoms in total. The van der Waals surface area contributed by atoms with E-state index in [9.17, 15) is 4.79 Å². The molecule has 1 rings (SSSR count). The first-order chi connectivity index (χ1) is 7.10. The van der Waals surface area contributed by atoms with Crippen molar-refractivity contribution in [3.63, 3.8) is 0 Å². The Hall–Kier alpha value is -0.930. The molecular formula is C11H11IN2O. The Morgan fingerprint density at radius 2 is 2.40 bits per heavy atom. The minimum absolute atomic E-state index is 0.159. The smallest absolute Gasteiger partial charge is 0.225 e. The first-order valence-electron chi connectivity index (χ1n) is 4.49. The lowest BCUT2D eigenvalue weighted by Gasteiger charge is -2.19. The maximum absolute atomic E-state index is 11.9. The third-order valence-corrected chi connectivity index (χ3v) is 2.90. The molecule has 0 spiro atoms. The minimum atomic E-state index is -0.401. The third kappa shape index (κ3) is 2.76. The lowest BCUT2D eigenvalue weighted by atomic mass is 9.90. The number of carbonyl (C=O) groups is 1. The van der Waals surface area contributed by atoms with Gasteiger partial charge in [-0.1, -0.05) is 31.2 Å². The van der Waals surface area contributed by atoms with Gasteiger partial charge in [0.2, 0.25) is 5.70 Å². The van der Waals surface area contributed by atoms with Gasteiger partial charge in [-0.15, -0.1) is 0 Å². The molecule has 0 bridgehead atoms. The number of carbonyl (C=O) groups excluding carboxylic acids is 1. The minimum Gasteiger partial charge on any atom is -0.324 e. The van der Waals surface area contributed by atoms with Gasteiger partial charge in [0.25, 0.3) is 0 Å². The average Bonchev–Trinajstić information content (AvgIpc) is 2.23. The molecule has 1 aliphatic rings. The Morgan fingerprint density at radius 1 is 1.73 bits per heavy atom. The molecular weight excluding hydrogens is 303 g/mol. The molecule has 0 saturated heterocycles. The van der Waals surface area contributed by atoms with Gasteiger partial charge in [-0.2, -0.15) is 0 Å². The molecule has 2 atom stereocenters. The maximum Gasteiger partial charge on any atom is 0.225 e. The molecule has 0 fully saturated rings. The number of nitrogens with two attached hydrogens (primary N) is 1. The summed E-state index contributed by atoms with van der Waals surface area (Å²) in [7, 11) is 0. The lowest BCUT2D eigenvalue weighted by Crippen LogP contribution is -2.34. The number of rotatable bonds is 2. The molecule has 0 aromatic heterocycles. The summed E-state index contributed by atoms with van der Waals surface area (Å²) >= 11 is 2.13. The highest BCUT2D eigenvalue weighted by Gasteiger charge is 2.26. The van der Waals surface area contributed by atoms with Crippen LogP contribution in [0.1, 0.15) is 6.92 Å². The van der Waals surface area contributed by atoms with Crippen molar-refractivity contribution in [1.82, 2.24) is 0 Å². The van der Waals surface area contributed by atoms with E-state index in [1.807, 2.05) is 12.2 Å². The summed E-state index contributed by atoms with van der Waals surface area (Å²) in [5, 5.41) is 0. The zero-order chi connectivity index (χ0) is 11.4. The Bertz CT molecular complexity index is 401. The van der Waals surface area contributed by atoms with Crippen molar-refractivity contribution in [2.45, 2.75) is 13.0 Å². The van der Waals surface area contributed by atoms with Gasteiger partial charge in [0.15, 0.2) is 5.78 Å². The number of hydrogen-bond donors (Lipinski definition) is 1. The third-order valence-electron chi connectivity index (χ3n) is 2.18. The number of ketones is 1. The Balaban J connectivity index is 2.95. The van der Waals surface area contributed by atoms with Crippen LogP contribution < -0.4 is 5.73 Å². The van der Waals surface area contributed by atoms with Gasteiger partial charge in [0.05, 0.1) is 6.57 Å². The molecule has 4 heteroatoms. The molecule has 1 aliphatic carbocycles. The molecule has 0 saturated carbocycles. The zero-order valence-corrected chi connectivity index (χ0v) is 10.4. The van der Waals surface area contributed by atoms with Crippen LogP contribution in [0, 0.1) is 12.5 Å². The standard InChI is InChI=1S/C11H11IN2O/c1-3-10(14-2)11(15)8-6-7(12)4-5-9(8)13/h3-6,8-9H,13H2,1H3/b10-3-. The van der Waals surface area contributed by atoms with Crippen molar-refractivity contribution in [2.75, 3.05) is 0 Å². The van der Waals surface area contributed by atoms with Gasteiger partial charge in [0, 0.05) is 15.5 Å². The first kappa shape index (κ1) is 12.1. The molecule has 0 aromatic carbocycles. The highest BCUT2D eigenvalue weighted by molar-refractivity contribution is 14.1. The summed E-state index contributed by atoms with van der Waals surface area (Å²) in [6.07, 6.45) is 7.01. The van der Waals surface area contributed by atoms with E-state index in [1.165, 1.54) is 6.08 Å². The van der Waals surface area contributed by atoms with Crippen LogP contribution in [-0.4, -0.2) is 11.8 Å². The summed E-state index contributed by atoms with van der Waals surface area (Å²) in [4.78, 5) is 15.1. The molecule has 15 heavy (non-hydrogen) atoms. The van der Waals surface area contributed by atoms with Gasteiger partial charge < -0.3 is 10.5 Å². The second-order valence-corrected chi connectivity index (χ2v) is 4.41. The molecule has 2 unspecified atom stereocenters. The summed E-state index contributed by atoms with van der Waals surface area (Å²) in [5.74, 6) is -0.597. The Morgan fingerprint density at radius 3 is 2.93 bits per heavy atom. The van der Waals surface area contributed by atoms with Crippen molar-refractivity contribution >= 4 is 28.4 Å². The molecule has 0 heterocycles. The van der Waals surface area contributed by atoms with E-state index in [0.717, 1.165) is 3.58 Å². The number of Topliss-reactive ketones (excluding diaryl/α,β-unsaturated/α-hetero) is 1. The monoisotopic (exact) mass is 314 g/mol. The molecule has 2 N–H and O–H groups in total. The number of allylic oxidation sites excluding steroid dienone is 4. The fourth-order valence-electron chi connectivity index (χ4n) is 1.34. The van der Waals surface area contributed by atoms with E-state index in [1.54, 1.807) is 13.0 Å². The second-order valence-electron chi connectivity index (χ2n) is 3.16. The van der Waals surface area contributed by atoms with E-state index in [-0.39, 0.29) is 17.5 Å². The molecule has 0 radical (unpaired) electrons. The van der Waals surface area contributed by atoms with Crippen molar-refractivity contribution in [3.8, 4) is 0 Å². The summed E-state index contributed by atoms with van der Waals surface area (Å²) in [6, 6.07) is -0.326. The summed E-state index contributed by atoms with van der Waals surface area (Å²) in [5.41, 5.74) is 5.96. The van der Waals surface area contributed by atoms with Crippen LogP contribution in [0.25, 0.3) is 4.85 Å². The largest absolute Gasteiger partial charge is 0.324 e.